The molecule has 1 aliphatic rings. The maximum Gasteiger partial charge on any atom is 0.410 e. The Morgan fingerprint density at radius 2 is 1.57 bits per heavy atom. The molecule has 1 aliphatic heterocycles. The summed E-state index contributed by atoms with van der Waals surface area (Å²) >= 11 is 0. The van der Waals surface area contributed by atoms with Crippen molar-refractivity contribution in [3.05, 3.63) is 0 Å². The van der Waals surface area contributed by atoms with Crippen LogP contribution in [0.3, 0.4) is 0 Å². The summed E-state index contributed by atoms with van der Waals surface area (Å²) in [6.45, 7) is 13.9. The Bertz CT molecular complexity index is 409. The maximum absolute atomic E-state index is 12.3. The van der Waals surface area contributed by atoms with Gasteiger partial charge in [0.05, 0.1) is 6.54 Å². The van der Waals surface area contributed by atoms with Crippen LogP contribution in [-0.4, -0.2) is 53.3 Å². The first-order valence-corrected chi connectivity index (χ1v) is 7.29. The number of rotatable bonds is 1. The smallest absolute Gasteiger partial charge is 0.410 e. The van der Waals surface area contributed by atoms with E-state index in [0.717, 1.165) is 0 Å². The van der Waals surface area contributed by atoms with Crippen molar-refractivity contribution in [1.29, 1.82) is 0 Å². The number of hydrogen-bond acceptors (Lipinski definition) is 5. The largest absolute Gasteiger partial charge is 0.459 e. The standard InChI is InChI=1S/C15H28N2O4/c1-13(2,3)20-11(18)15(7)10-17(9-8-16-15)12(19)21-14(4,5)6/h16H,8-10H2,1-7H3. The number of hydrogen-bond donors (Lipinski definition) is 1. The number of nitrogens with zero attached hydrogens (tertiary/aromatic N) is 1. The second-order valence-electron chi connectivity index (χ2n) is 7.66. The van der Waals surface area contributed by atoms with Crippen LogP contribution in [0.1, 0.15) is 48.5 Å². The minimum atomic E-state index is -0.914. The minimum absolute atomic E-state index is 0.233. The van der Waals surface area contributed by atoms with Gasteiger partial charge in [-0.3, -0.25) is 5.32 Å². The van der Waals surface area contributed by atoms with Crippen molar-refractivity contribution in [3.8, 4) is 0 Å². The SMILES string of the molecule is CC(C)(C)OC(=O)N1CCNC(C)(C(=O)OC(C)(C)C)C1. The second-order valence-corrected chi connectivity index (χ2v) is 7.66. The van der Waals surface area contributed by atoms with Gasteiger partial charge in [0.2, 0.25) is 0 Å². The summed E-state index contributed by atoms with van der Waals surface area (Å²) in [6.07, 6.45) is -0.404. The molecule has 0 spiro atoms. The van der Waals surface area contributed by atoms with E-state index in [0.29, 0.717) is 13.1 Å². The number of esters is 1. The highest BCUT2D eigenvalue weighted by Gasteiger charge is 2.42. The number of piperazine rings is 1. The molecule has 1 amide bonds. The Morgan fingerprint density at radius 1 is 1.05 bits per heavy atom. The molecular weight excluding hydrogens is 272 g/mol. The fourth-order valence-corrected chi connectivity index (χ4v) is 1.99. The molecule has 21 heavy (non-hydrogen) atoms. The Labute approximate surface area is 127 Å². The van der Waals surface area contributed by atoms with Gasteiger partial charge in [0, 0.05) is 13.1 Å². The molecule has 122 valence electrons. The van der Waals surface area contributed by atoms with Gasteiger partial charge in [-0.05, 0) is 48.5 Å². The Kier molecular flexibility index (Phi) is 4.93. The van der Waals surface area contributed by atoms with E-state index in [1.165, 1.54) is 0 Å². The van der Waals surface area contributed by atoms with E-state index in [-0.39, 0.29) is 12.5 Å². The van der Waals surface area contributed by atoms with Gasteiger partial charge in [0.15, 0.2) is 0 Å². The molecule has 1 heterocycles. The zero-order valence-electron chi connectivity index (χ0n) is 14.2. The van der Waals surface area contributed by atoms with Crippen molar-refractivity contribution >= 4 is 12.1 Å². The molecule has 1 unspecified atom stereocenters. The molecule has 1 atom stereocenters. The van der Waals surface area contributed by atoms with Gasteiger partial charge in [-0.25, -0.2) is 9.59 Å². The summed E-state index contributed by atoms with van der Waals surface area (Å²) < 4.78 is 10.8. The quantitative estimate of drug-likeness (QED) is 0.749. The van der Waals surface area contributed by atoms with E-state index in [4.69, 9.17) is 9.47 Å². The van der Waals surface area contributed by atoms with E-state index in [1.807, 2.05) is 41.5 Å². The second kappa shape index (κ2) is 5.83. The lowest BCUT2D eigenvalue weighted by molar-refractivity contribution is -0.164. The van der Waals surface area contributed by atoms with Crippen LogP contribution in [0.4, 0.5) is 4.79 Å². The lowest BCUT2D eigenvalue weighted by Gasteiger charge is -2.40. The molecule has 0 radical (unpaired) electrons. The summed E-state index contributed by atoms with van der Waals surface area (Å²) in [6, 6.07) is 0. The van der Waals surface area contributed by atoms with Crippen molar-refractivity contribution in [1.82, 2.24) is 10.2 Å². The number of ether oxygens (including phenoxy) is 2. The highest BCUT2D eigenvalue weighted by atomic mass is 16.6. The van der Waals surface area contributed by atoms with Gasteiger partial charge < -0.3 is 14.4 Å². The zero-order valence-corrected chi connectivity index (χ0v) is 14.2. The highest BCUT2D eigenvalue weighted by Crippen LogP contribution is 2.20. The van der Waals surface area contributed by atoms with E-state index in [9.17, 15) is 9.59 Å². The van der Waals surface area contributed by atoms with Gasteiger partial charge in [-0.2, -0.15) is 0 Å². The predicted molar refractivity (Wildman–Crippen MR) is 80.1 cm³/mol. The van der Waals surface area contributed by atoms with E-state index in [2.05, 4.69) is 5.32 Å². The molecule has 0 aliphatic carbocycles. The minimum Gasteiger partial charge on any atom is -0.459 e. The molecule has 1 rings (SSSR count). The third-order valence-electron chi connectivity index (χ3n) is 2.91. The Balaban J connectivity index is 2.74. The highest BCUT2D eigenvalue weighted by molar-refractivity contribution is 5.82. The summed E-state index contributed by atoms with van der Waals surface area (Å²) in [7, 11) is 0. The fourth-order valence-electron chi connectivity index (χ4n) is 1.99. The molecule has 6 heteroatoms. The normalized spacial score (nSPS) is 23.7. The third-order valence-corrected chi connectivity index (χ3v) is 2.91. The first-order valence-electron chi connectivity index (χ1n) is 7.29. The third kappa shape index (κ3) is 5.53. The van der Waals surface area contributed by atoms with Crippen LogP contribution in [0.15, 0.2) is 0 Å². The van der Waals surface area contributed by atoms with Crippen LogP contribution in [0.25, 0.3) is 0 Å². The van der Waals surface area contributed by atoms with E-state index < -0.39 is 22.8 Å². The number of nitrogens with one attached hydrogen (secondary N) is 1. The zero-order chi connectivity index (χ0) is 16.5. The molecule has 0 bridgehead atoms. The van der Waals surface area contributed by atoms with Crippen LogP contribution in [0, 0.1) is 0 Å². The van der Waals surface area contributed by atoms with Crippen molar-refractivity contribution < 1.29 is 19.1 Å². The summed E-state index contributed by atoms with van der Waals surface area (Å²) in [5.41, 5.74) is -2.03. The Morgan fingerprint density at radius 3 is 2.05 bits per heavy atom. The summed E-state index contributed by atoms with van der Waals surface area (Å²) in [5.74, 6) is -0.358. The molecule has 1 N–H and O–H groups in total. The van der Waals surface area contributed by atoms with Crippen LogP contribution >= 0.6 is 0 Å². The summed E-state index contributed by atoms with van der Waals surface area (Å²) in [4.78, 5) is 26.0. The van der Waals surface area contributed by atoms with Gasteiger partial charge in [-0.15, -0.1) is 0 Å². The van der Waals surface area contributed by atoms with Gasteiger partial charge in [-0.1, -0.05) is 0 Å². The molecular formula is C15H28N2O4. The van der Waals surface area contributed by atoms with Crippen molar-refractivity contribution in [2.24, 2.45) is 0 Å². The van der Waals surface area contributed by atoms with Crippen LogP contribution in [0.5, 0.6) is 0 Å². The molecule has 1 fully saturated rings. The van der Waals surface area contributed by atoms with Crippen LogP contribution in [0.2, 0.25) is 0 Å². The van der Waals surface area contributed by atoms with Crippen molar-refractivity contribution in [2.45, 2.75) is 65.2 Å². The lowest BCUT2D eigenvalue weighted by atomic mass is 9.99. The van der Waals surface area contributed by atoms with Crippen molar-refractivity contribution in [3.63, 3.8) is 0 Å². The first-order chi connectivity index (χ1) is 9.32. The fraction of sp³-hybridized carbons (Fsp3) is 0.867. The average Bonchev–Trinajstić information content (AvgIpc) is 2.24. The molecule has 0 aromatic rings. The monoisotopic (exact) mass is 300 g/mol. The predicted octanol–water partition coefficient (Wildman–Crippen LogP) is 1.93. The average molecular weight is 300 g/mol. The number of carbonyl (C=O) groups excluding carboxylic acids is 2. The summed E-state index contributed by atoms with van der Waals surface area (Å²) in [5, 5.41) is 3.14. The van der Waals surface area contributed by atoms with Crippen molar-refractivity contribution in [2.75, 3.05) is 19.6 Å². The van der Waals surface area contributed by atoms with Crippen LogP contribution < -0.4 is 5.32 Å². The number of carbonyl (C=O) groups is 2. The first kappa shape index (κ1) is 17.8. The molecule has 0 aromatic carbocycles. The molecule has 0 aromatic heterocycles. The van der Waals surface area contributed by atoms with Gasteiger partial charge >= 0.3 is 12.1 Å². The van der Waals surface area contributed by atoms with E-state index >= 15 is 0 Å². The Hall–Kier alpha value is -1.30. The molecule has 6 nitrogen and oxygen atoms in total. The number of amides is 1. The molecule has 1 saturated heterocycles. The van der Waals surface area contributed by atoms with Crippen LogP contribution in [-0.2, 0) is 14.3 Å². The van der Waals surface area contributed by atoms with Gasteiger partial charge in [0.1, 0.15) is 16.7 Å². The van der Waals surface area contributed by atoms with E-state index in [1.54, 1.807) is 11.8 Å². The lowest BCUT2D eigenvalue weighted by Crippen LogP contribution is -2.65. The molecule has 0 saturated carbocycles. The topological polar surface area (TPSA) is 67.9 Å². The van der Waals surface area contributed by atoms with Gasteiger partial charge in [0.25, 0.3) is 0 Å². The maximum atomic E-state index is 12.3.